The van der Waals surface area contributed by atoms with E-state index in [0.29, 0.717) is 0 Å². The number of benzene rings is 1. The molecule has 3 nitrogen and oxygen atoms in total. The molecule has 2 heterocycles. The van der Waals surface area contributed by atoms with Crippen LogP contribution in [0.25, 0.3) is 11.3 Å². The molecule has 2 aromatic rings. The number of hydrogen-bond donors (Lipinski definition) is 0. The van der Waals surface area contributed by atoms with Gasteiger partial charge >= 0.3 is 0 Å². The summed E-state index contributed by atoms with van der Waals surface area (Å²) >= 11 is 0. The van der Waals surface area contributed by atoms with Gasteiger partial charge in [0.2, 0.25) is 0 Å². The Morgan fingerprint density at radius 2 is 1.83 bits per heavy atom. The lowest BCUT2D eigenvalue weighted by Crippen LogP contribution is -2.18. The van der Waals surface area contributed by atoms with E-state index >= 15 is 0 Å². The number of aromatic nitrogens is 1. The van der Waals surface area contributed by atoms with Crippen molar-refractivity contribution in [1.82, 2.24) is 10.1 Å². The predicted molar refractivity (Wildman–Crippen MR) is 73.7 cm³/mol. The van der Waals surface area contributed by atoms with E-state index in [1.807, 2.05) is 36.4 Å². The summed E-state index contributed by atoms with van der Waals surface area (Å²) in [6.45, 7) is 3.29. The van der Waals surface area contributed by atoms with Gasteiger partial charge in [-0.1, -0.05) is 35.5 Å². The van der Waals surface area contributed by atoms with Gasteiger partial charge in [-0.05, 0) is 25.9 Å². The smallest absolute Gasteiger partial charge is 0.167 e. The maximum Gasteiger partial charge on any atom is 0.167 e. The molecule has 0 bridgehead atoms. The Morgan fingerprint density at radius 1 is 1.11 bits per heavy atom. The quantitative estimate of drug-likeness (QED) is 0.851. The zero-order valence-electron chi connectivity index (χ0n) is 10.2. The second-order valence-electron chi connectivity index (χ2n) is 4.53. The van der Waals surface area contributed by atoms with Crippen molar-refractivity contribution in [2.45, 2.75) is 19.4 Å². The molecule has 1 aromatic heterocycles. The first-order valence-electron chi connectivity index (χ1n) is 6.15. The van der Waals surface area contributed by atoms with Crippen LogP contribution in [0.15, 0.2) is 40.9 Å². The monoisotopic (exact) mass is 264 g/mol. The van der Waals surface area contributed by atoms with Crippen LogP contribution >= 0.6 is 12.4 Å². The van der Waals surface area contributed by atoms with Gasteiger partial charge in [0, 0.05) is 18.2 Å². The normalized spacial score (nSPS) is 15.6. The maximum atomic E-state index is 5.38. The Kier molecular flexibility index (Phi) is 4.39. The van der Waals surface area contributed by atoms with E-state index in [0.717, 1.165) is 23.6 Å². The minimum atomic E-state index is 0. The first-order valence-corrected chi connectivity index (χ1v) is 6.15. The summed E-state index contributed by atoms with van der Waals surface area (Å²) in [6.07, 6.45) is 2.62. The third kappa shape index (κ3) is 2.92. The van der Waals surface area contributed by atoms with Crippen LogP contribution in [0.5, 0.6) is 0 Å². The Balaban J connectivity index is 0.00000120. The maximum absolute atomic E-state index is 5.38. The number of halogens is 1. The zero-order chi connectivity index (χ0) is 11.5. The molecule has 0 aliphatic carbocycles. The largest absolute Gasteiger partial charge is 0.356 e. The fraction of sp³-hybridized carbons (Fsp3) is 0.357. The number of nitrogens with zero attached hydrogens (tertiary/aromatic N) is 2. The summed E-state index contributed by atoms with van der Waals surface area (Å²) in [6, 6.07) is 12.2. The molecule has 1 saturated heterocycles. The Hall–Kier alpha value is -1.32. The van der Waals surface area contributed by atoms with Crippen molar-refractivity contribution in [3.8, 4) is 11.3 Å². The molecule has 96 valence electrons. The SMILES string of the molecule is Cl.c1ccc(-c2cc(CN3CCCC3)no2)cc1. The molecule has 0 N–H and O–H groups in total. The first kappa shape index (κ1) is 13.1. The van der Waals surface area contributed by atoms with E-state index < -0.39 is 0 Å². The lowest BCUT2D eigenvalue weighted by molar-refractivity contribution is 0.315. The summed E-state index contributed by atoms with van der Waals surface area (Å²) in [7, 11) is 0. The number of likely N-dealkylation sites (tertiary alicyclic amines) is 1. The summed E-state index contributed by atoms with van der Waals surface area (Å²) in [5.74, 6) is 0.861. The summed E-state index contributed by atoms with van der Waals surface area (Å²) in [5.41, 5.74) is 2.12. The van der Waals surface area contributed by atoms with Crippen molar-refractivity contribution in [3.05, 3.63) is 42.1 Å². The molecule has 1 aromatic carbocycles. The van der Waals surface area contributed by atoms with Crippen LogP contribution in [0.2, 0.25) is 0 Å². The molecule has 0 saturated carbocycles. The van der Waals surface area contributed by atoms with Gasteiger partial charge in [0.25, 0.3) is 0 Å². The second kappa shape index (κ2) is 6.03. The van der Waals surface area contributed by atoms with Gasteiger partial charge in [0.1, 0.15) is 0 Å². The van der Waals surface area contributed by atoms with E-state index in [2.05, 4.69) is 10.1 Å². The Bertz CT molecular complexity index is 478. The lowest BCUT2D eigenvalue weighted by Gasteiger charge is -2.10. The fourth-order valence-corrected chi connectivity index (χ4v) is 2.29. The third-order valence-corrected chi connectivity index (χ3v) is 3.20. The Labute approximate surface area is 113 Å². The summed E-state index contributed by atoms with van der Waals surface area (Å²) in [5, 5.41) is 4.14. The average Bonchev–Trinajstić information content (AvgIpc) is 3.02. The number of hydrogen-bond acceptors (Lipinski definition) is 3. The van der Waals surface area contributed by atoms with Crippen LogP contribution < -0.4 is 0 Å². The molecule has 0 radical (unpaired) electrons. The molecule has 0 atom stereocenters. The standard InChI is InChI=1S/C14H16N2O.ClH/c1-2-6-12(7-3-1)14-10-13(15-17-14)11-16-8-4-5-9-16;/h1-3,6-7,10H,4-5,8-9,11H2;1H. The zero-order valence-corrected chi connectivity index (χ0v) is 11.0. The van der Waals surface area contributed by atoms with Crippen molar-refractivity contribution in [3.63, 3.8) is 0 Å². The number of rotatable bonds is 3. The van der Waals surface area contributed by atoms with Crippen LogP contribution in [0.1, 0.15) is 18.5 Å². The van der Waals surface area contributed by atoms with E-state index in [-0.39, 0.29) is 12.4 Å². The average molecular weight is 265 g/mol. The molecule has 1 fully saturated rings. The molecule has 0 amide bonds. The van der Waals surface area contributed by atoms with Crippen molar-refractivity contribution in [2.75, 3.05) is 13.1 Å². The molecule has 18 heavy (non-hydrogen) atoms. The molecular weight excluding hydrogens is 248 g/mol. The summed E-state index contributed by atoms with van der Waals surface area (Å²) < 4.78 is 5.38. The van der Waals surface area contributed by atoms with E-state index in [1.165, 1.54) is 25.9 Å². The van der Waals surface area contributed by atoms with Crippen molar-refractivity contribution < 1.29 is 4.52 Å². The molecule has 0 spiro atoms. The molecule has 0 unspecified atom stereocenters. The fourth-order valence-electron chi connectivity index (χ4n) is 2.29. The minimum absolute atomic E-state index is 0. The van der Waals surface area contributed by atoms with Gasteiger partial charge in [0.15, 0.2) is 5.76 Å². The van der Waals surface area contributed by atoms with Gasteiger partial charge < -0.3 is 4.52 Å². The Morgan fingerprint density at radius 3 is 2.56 bits per heavy atom. The van der Waals surface area contributed by atoms with Gasteiger partial charge in [-0.15, -0.1) is 12.4 Å². The van der Waals surface area contributed by atoms with E-state index in [1.54, 1.807) is 0 Å². The molecule has 3 rings (SSSR count). The van der Waals surface area contributed by atoms with Gasteiger partial charge in [-0.3, -0.25) is 4.90 Å². The molecule has 4 heteroatoms. The van der Waals surface area contributed by atoms with Crippen molar-refractivity contribution in [1.29, 1.82) is 0 Å². The highest BCUT2D eigenvalue weighted by atomic mass is 35.5. The van der Waals surface area contributed by atoms with Gasteiger partial charge in [-0.2, -0.15) is 0 Å². The minimum Gasteiger partial charge on any atom is -0.356 e. The van der Waals surface area contributed by atoms with E-state index in [9.17, 15) is 0 Å². The highest BCUT2D eigenvalue weighted by Gasteiger charge is 2.14. The van der Waals surface area contributed by atoms with E-state index in [4.69, 9.17) is 4.52 Å². The van der Waals surface area contributed by atoms with Crippen LogP contribution in [0.4, 0.5) is 0 Å². The lowest BCUT2D eigenvalue weighted by atomic mass is 10.1. The predicted octanol–water partition coefficient (Wildman–Crippen LogP) is 3.36. The summed E-state index contributed by atoms with van der Waals surface area (Å²) in [4.78, 5) is 2.42. The van der Waals surface area contributed by atoms with Crippen LogP contribution in [-0.2, 0) is 6.54 Å². The van der Waals surface area contributed by atoms with Gasteiger partial charge in [0.05, 0.1) is 5.69 Å². The second-order valence-corrected chi connectivity index (χ2v) is 4.53. The van der Waals surface area contributed by atoms with Crippen molar-refractivity contribution >= 4 is 12.4 Å². The molecule has 1 aliphatic rings. The van der Waals surface area contributed by atoms with Crippen LogP contribution in [0, 0.1) is 0 Å². The molecular formula is C14H17ClN2O. The highest BCUT2D eigenvalue weighted by molar-refractivity contribution is 5.85. The third-order valence-electron chi connectivity index (χ3n) is 3.20. The van der Waals surface area contributed by atoms with Gasteiger partial charge in [-0.25, -0.2) is 0 Å². The first-order chi connectivity index (χ1) is 8.42. The van der Waals surface area contributed by atoms with Crippen LogP contribution in [0.3, 0.4) is 0 Å². The van der Waals surface area contributed by atoms with Crippen molar-refractivity contribution in [2.24, 2.45) is 0 Å². The molecule has 1 aliphatic heterocycles. The topological polar surface area (TPSA) is 29.3 Å². The van der Waals surface area contributed by atoms with Crippen LogP contribution in [-0.4, -0.2) is 23.1 Å². The highest BCUT2D eigenvalue weighted by Crippen LogP contribution is 2.21.